The minimum absolute atomic E-state index is 0.0409. The summed E-state index contributed by atoms with van der Waals surface area (Å²) in [5.41, 5.74) is 2.39. The average molecular weight is 622 g/mol. The van der Waals surface area contributed by atoms with Gasteiger partial charge in [0.05, 0.1) is 53.7 Å². The first kappa shape index (κ1) is 31.1. The van der Waals surface area contributed by atoms with Gasteiger partial charge in [-0.2, -0.15) is 0 Å². The fraction of sp³-hybridized carbons (Fsp3) is 0.543. The van der Waals surface area contributed by atoms with Crippen molar-refractivity contribution in [1.82, 2.24) is 9.80 Å². The fourth-order valence-electron chi connectivity index (χ4n) is 7.17. The Morgan fingerprint density at radius 3 is 2.50 bits per heavy atom. The molecule has 6 rings (SSSR count). The first-order valence-electron chi connectivity index (χ1n) is 16.1. The standard InChI is InChI=1S/C35H44ClN3O5/c1-22-8-11-28(12-9-22)42-20-27-16-26(38-17-23(2)44-24(3)18-38)19-39(27)34(40)15-25-10-13-32(31(36)14-25)37-35(41)30-21-43-33-7-5-4-6-29(30)33/h4-7,10,13-14,21-24,26-28H,8-9,11-12,15-20H2,1-3H3,(H,37,41)/t22-,23-,24+,26-,27-,28-/m0/s1. The van der Waals surface area contributed by atoms with Crippen LogP contribution >= 0.6 is 11.6 Å². The number of nitrogens with zero attached hydrogens (tertiary/aromatic N) is 2. The van der Waals surface area contributed by atoms with Gasteiger partial charge in [-0.05, 0) is 75.6 Å². The van der Waals surface area contributed by atoms with Gasteiger partial charge in [0.25, 0.3) is 5.91 Å². The van der Waals surface area contributed by atoms with E-state index in [1.165, 1.54) is 19.1 Å². The zero-order chi connectivity index (χ0) is 30.8. The molecule has 0 radical (unpaired) electrons. The highest BCUT2D eigenvalue weighted by molar-refractivity contribution is 6.34. The predicted octanol–water partition coefficient (Wildman–Crippen LogP) is 6.56. The van der Waals surface area contributed by atoms with Crippen LogP contribution in [0, 0.1) is 5.92 Å². The molecule has 2 amide bonds. The van der Waals surface area contributed by atoms with E-state index in [9.17, 15) is 9.59 Å². The molecule has 1 aliphatic carbocycles. The first-order chi connectivity index (χ1) is 21.2. The number of para-hydroxylation sites is 1. The maximum atomic E-state index is 13.8. The molecule has 1 N–H and O–H groups in total. The number of hydrogen-bond acceptors (Lipinski definition) is 6. The van der Waals surface area contributed by atoms with Crippen molar-refractivity contribution < 1.29 is 23.5 Å². The number of fused-ring (bicyclic) bond motifs is 1. The topological polar surface area (TPSA) is 84.3 Å². The van der Waals surface area contributed by atoms with Crippen LogP contribution < -0.4 is 5.32 Å². The van der Waals surface area contributed by atoms with Crippen molar-refractivity contribution in [3.05, 3.63) is 64.9 Å². The van der Waals surface area contributed by atoms with Gasteiger partial charge < -0.3 is 24.1 Å². The Kier molecular flexibility index (Phi) is 9.62. The van der Waals surface area contributed by atoms with E-state index in [0.717, 1.165) is 49.2 Å². The molecule has 9 heteroatoms. The summed E-state index contributed by atoms with van der Waals surface area (Å²) in [7, 11) is 0. The van der Waals surface area contributed by atoms with Crippen molar-refractivity contribution in [3.63, 3.8) is 0 Å². The molecule has 1 saturated carbocycles. The van der Waals surface area contributed by atoms with Gasteiger partial charge in [0.2, 0.25) is 5.91 Å². The Bertz CT molecular complexity index is 1460. The van der Waals surface area contributed by atoms with Crippen LogP contribution in [0.3, 0.4) is 0 Å². The van der Waals surface area contributed by atoms with E-state index in [0.29, 0.717) is 35.0 Å². The molecule has 44 heavy (non-hydrogen) atoms. The molecule has 236 valence electrons. The third-order valence-corrected chi connectivity index (χ3v) is 9.84. The summed E-state index contributed by atoms with van der Waals surface area (Å²) in [5.74, 6) is 0.544. The normalized spacial score (nSPS) is 28.0. The van der Waals surface area contributed by atoms with E-state index in [2.05, 4.69) is 31.0 Å². The first-order valence-corrected chi connectivity index (χ1v) is 16.5. The number of rotatable bonds is 8. The number of carbonyl (C=O) groups excluding carboxylic acids is 2. The number of anilines is 1. The van der Waals surface area contributed by atoms with Gasteiger partial charge in [-0.1, -0.05) is 42.8 Å². The molecule has 3 heterocycles. The summed E-state index contributed by atoms with van der Waals surface area (Å²) in [4.78, 5) is 31.4. The molecule has 0 spiro atoms. The zero-order valence-corrected chi connectivity index (χ0v) is 26.7. The molecule has 2 aliphatic heterocycles. The summed E-state index contributed by atoms with van der Waals surface area (Å²) < 4.78 is 18.0. The van der Waals surface area contributed by atoms with E-state index >= 15 is 0 Å². The fourth-order valence-corrected chi connectivity index (χ4v) is 7.42. The summed E-state index contributed by atoms with van der Waals surface area (Å²) in [6.07, 6.45) is 7.85. The molecule has 3 aromatic rings. The van der Waals surface area contributed by atoms with Gasteiger partial charge in [-0.25, -0.2) is 0 Å². The lowest BCUT2D eigenvalue weighted by Crippen LogP contribution is -2.51. The van der Waals surface area contributed by atoms with Gasteiger partial charge in [-0.3, -0.25) is 14.5 Å². The van der Waals surface area contributed by atoms with Gasteiger partial charge in [0, 0.05) is 31.1 Å². The van der Waals surface area contributed by atoms with Crippen LogP contribution in [0.15, 0.2) is 53.1 Å². The maximum absolute atomic E-state index is 13.8. The average Bonchev–Trinajstić information content (AvgIpc) is 3.63. The molecule has 3 fully saturated rings. The Morgan fingerprint density at radius 2 is 1.75 bits per heavy atom. The maximum Gasteiger partial charge on any atom is 0.259 e. The van der Waals surface area contributed by atoms with Crippen LogP contribution in [0.4, 0.5) is 5.69 Å². The monoisotopic (exact) mass is 621 g/mol. The molecular formula is C35H44ClN3O5. The second kappa shape index (κ2) is 13.6. The number of benzene rings is 2. The Balaban J connectivity index is 1.12. The third-order valence-electron chi connectivity index (χ3n) is 9.53. The van der Waals surface area contributed by atoms with Crippen molar-refractivity contribution in [2.45, 2.75) is 89.7 Å². The lowest BCUT2D eigenvalue weighted by molar-refractivity contribution is -0.133. The Labute approximate surface area is 265 Å². The molecule has 8 nitrogen and oxygen atoms in total. The van der Waals surface area contributed by atoms with E-state index < -0.39 is 0 Å². The van der Waals surface area contributed by atoms with Crippen LogP contribution in [0.2, 0.25) is 5.02 Å². The summed E-state index contributed by atoms with van der Waals surface area (Å²) in [6, 6.07) is 13.1. The van der Waals surface area contributed by atoms with Gasteiger partial charge in [0.1, 0.15) is 11.8 Å². The number of halogens is 1. The highest BCUT2D eigenvalue weighted by Crippen LogP contribution is 2.31. The van der Waals surface area contributed by atoms with E-state index in [4.69, 9.17) is 25.5 Å². The van der Waals surface area contributed by atoms with Crippen LogP contribution in [0.5, 0.6) is 0 Å². The van der Waals surface area contributed by atoms with Crippen molar-refractivity contribution >= 4 is 40.1 Å². The second-order valence-corrected chi connectivity index (χ2v) is 13.5. The van der Waals surface area contributed by atoms with E-state index in [1.807, 2.05) is 35.2 Å². The quantitative estimate of drug-likeness (QED) is 0.307. The summed E-state index contributed by atoms with van der Waals surface area (Å²) >= 11 is 6.62. The predicted molar refractivity (Wildman–Crippen MR) is 172 cm³/mol. The minimum Gasteiger partial charge on any atom is -0.463 e. The second-order valence-electron chi connectivity index (χ2n) is 13.1. The molecule has 0 unspecified atom stereocenters. The van der Waals surface area contributed by atoms with Gasteiger partial charge >= 0.3 is 0 Å². The van der Waals surface area contributed by atoms with Gasteiger partial charge in [-0.15, -0.1) is 0 Å². The molecule has 4 atom stereocenters. The highest BCUT2D eigenvalue weighted by atomic mass is 35.5. The number of furan rings is 1. The Hall–Kier alpha value is -2.91. The Morgan fingerprint density at radius 1 is 1.00 bits per heavy atom. The van der Waals surface area contributed by atoms with Crippen LogP contribution in [-0.2, 0) is 20.7 Å². The third kappa shape index (κ3) is 7.15. The molecule has 3 aliphatic rings. The SMILES string of the molecule is C[C@@H]1CN([C@H]2C[C@@H](CO[C@H]3CC[C@H](C)CC3)N(C(=O)Cc3ccc(NC(=O)c4coc5ccccc45)c(Cl)c3)C2)C[C@H](C)O1. The van der Waals surface area contributed by atoms with Gasteiger partial charge in [0.15, 0.2) is 0 Å². The van der Waals surface area contributed by atoms with Crippen LogP contribution in [0.25, 0.3) is 11.0 Å². The molecule has 2 aromatic carbocycles. The summed E-state index contributed by atoms with van der Waals surface area (Å²) in [6.45, 7) is 9.58. The lowest BCUT2D eigenvalue weighted by Gasteiger charge is -2.38. The number of carbonyl (C=O) groups is 2. The summed E-state index contributed by atoms with van der Waals surface area (Å²) in [5, 5.41) is 4.02. The molecular weight excluding hydrogens is 578 g/mol. The number of nitrogens with one attached hydrogen (secondary N) is 1. The van der Waals surface area contributed by atoms with Crippen LogP contribution in [0.1, 0.15) is 68.8 Å². The molecule has 0 bridgehead atoms. The largest absolute Gasteiger partial charge is 0.463 e. The van der Waals surface area contributed by atoms with Crippen molar-refractivity contribution in [2.75, 3.05) is 31.6 Å². The van der Waals surface area contributed by atoms with Crippen molar-refractivity contribution in [3.8, 4) is 0 Å². The highest BCUT2D eigenvalue weighted by Gasteiger charge is 2.40. The number of morpholine rings is 1. The van der Waals surface area contributed by atoms with Crippen LogP contribution in [-0.4, -0.2) is 78.3 Å². The number of hydrogen-bond donors (Lipinski definition) is 1. The zero-order valence-electron chi connectivity index (χ0n) is 26.0. The minimum atomic E-state index is -0.300. The van der Waals surface area contributed by atoms with Crippen molar-refractivity contribution in [2.24, 2.45) is 5.92 Å². The smallest absolute Gasteiger partial charge is 0.259 e. The number of likely N-dealkylation sites (tertiary alicyclic amines) is 1. The molecule has 2 saturated heterocycles. The molecule has 1 aromatic heterocycles. The number of amides is 2. The van der Waals surface area contributed by atoms with E-state index in [1.54, 1.807) is 12.1 Å². The van der Waals surface area contributed by atoms with Crippen molar-refractivity contribution in [1.29, 1.82) is 0 Å². The van der Waals surface area contributed by atoms with E-state index in [-0.39, 0.29) is 48.6 Å². The number of ether oxygens (including phenoxy) is 2. The lowest BCUT2D eigenvalue weighted by atomic mass is 9.89.